The second-order valence-corrected chi connectivity index (χ2v) is 14.3. The van der Waals surface area contributed by atoms with E-state index in [1.807, 2.05) is 0 Å². The van der Waals surface area contributed by atoms with Crippen molar-refractivity contribution in [3.05, 3.63) is 118 Å². The molecule has 0 atom stereocenters. The molecule has 3 aromatic carbocycles. The summed E-state index contributed by atoms with van der Waals surface area (Å²) in [7, 11) is 0. The van der Waals surface area contributed by atoms with Crippen LogP contribution in [0.3, 0.4) is 0 Å². The van der Waals surface area contributed by atoms with Crippen molar-refractivity contribution < 1.29 is 13.5 Å². The summed E-state index contributed by atoms with van der Waals surface area (Å²) >= 11 is 0. The van der Waals surface area contributed by atoms with Gasteiger partial charge in [-0.2, -0.15) is 9.13 Å². The molecule has 0 amide bonds. The maximum Gasteiger partial charge on any atom is 0.262 e. The van der Waals surface area contributed by atoms with E-state index in [4.69, 9.17) is 0 Å². The Kier molecular flexibility index (Phi) is 7.31. The highest BCUT2D eigenvalue weighted by molar-refractivity contribution is 6.03. The summed E-state index contributed by atoms with van der Waals surface area (Å²) < 4.78 is 21.2. The molecular weight excluding hydrogens is 563 g/mol. The quantitative estimate of drug-likeness (QED) is 0.162. The van der Waals surface area contributed by atoms with Crippen LogP contribution in [0.4, 0.5) is 4.39 Å². The van der Waals surface area contributed by atoms with E-state index >= 15 is 4.39 Å². The molecule has 0 unspecified atom stereocenters. The summed E-state index contributed by atoms with van der Waals surface area (Å²) in [5.74, 6) is -0.114. The highest BCUT2D eigenvalue weighted by atomic mass is 19.1. The molecule has 2 aliphatic rings. The van der Waals surface area contributed by atoms with Crippen molar-refractivity contribution >= 4 is 22.7 Å². The largest absolute Gasteiger partial charge is 0.262 e. The van der Waals surface area contributed by atoms with Gasteiger partial charge in [0, 0.05) is 34.7 Å². The third-order valence-corrected chi connectivity index (χ3v) is 11.2. The van der Waals surface area contributed by atoms with E-state index < -0.39 is 5.41 Å². The maximum atomic E-state index is 16.4. The summed E-state index contributed by atoms with van der Waals surface area (Å²) in [6.07, 6.45) is 12.0. The van der Waals surface area contributed by atoms with Gasteiger partial charge < -0.3 is 0 Å². The number of unbranched alkanes of at least 4 members (excludes halogenated alkanes) is 1. The predicted octanol–water partition coefficient (Wildman–Crippen LogP) is 10.3. The maximum absolute atomic E-state index is 16.4. The number of allylic oxidation sites excluding steroid dienone is 1. The molecule has 234 valence electrons. The third kappa shape index (κ3) is 4.27. The first-order valence-corrected chi connectivity index (χ1v) is 17.2. The zero-order chi connectivity index (χ0) is 32.5. The molecule has 0 saturated heterocycles. The molecule has 7 rings (SSSR count). The van der Waals surface area contributed by atoms with Gasteiger partial charge in [-0.1, -0.05) is 76.9 Å². The lowest BCUT2D eigenvalue weighted by Gasteiger charge is -2.37. The molecule has 0 fully saturated rings. The van der Waals surface area contributed by atoms with Gasteiger partial charge in [-0.25, -0.2) is 4.39 Å². The fraction of sp³-hybridized carbons (Fsp3) is 0.349. The number of hydrogen-bond acceptors (Lipinski definition) is 0. The second-order valence-electron chi connectivity index (χ2n) is 14.3. The summed E-state index contributed by atoms with van der Waals surface area (Å²) in [6, 6.07) is 22.1. The molecule has 3 heterocycles. The van der Waals surface area contributed by atoms with Crippen molar-refractivity contribution in [2.45, 2.75) is 98.3 Å². The minimum Gasteiger partial charge on any atom is -0.207 e. The van der Waals surface area contributed by atoms with Gasteiger partial charge >= 0.3 is 0 Å². The van der Waals surface area contributed by atoms with Crippen LogP contribution in [0.1, 0.15) is 99.2 Å². The van der Waals surface area contributed by atoms with Gasteiger partial charge in [0.15, 0.2) is 12.4 Å². The summed E-state index contributed by atoms with van der Waals surface area (Å²) in [6.45, 7) is 17.9. The normalized spacial score (nSPS) is 15.5. The van der Waals surface area contributed by atoms with Crippen molar-refractivity contribution in [2.24, 2.45) is 0 Å². The number of aromatic nitrogens is 2. The van der Waals surface area contributed by atoms with E-state index in [0.717, 1.165) is 48.9 Å². The predicted molar refractivity (Wildman–Crippen MR) is 189 cm³/mol. The molecule has 0 spiro atoms. The van der Waals surface area contributed by atoms with Crippen LogP contribution < -0.4 is 9.13 Å². The molecule has 46 heavy (non-hydrogen) atoms. The van der Waals surface area contributed by atoms with E-state index in [1.165, 1.54) is 61.1 Å². The number of benzene rings is 3. The fourth-order valence-corrected chi connectivity index (χ4v) is 8.62. The highest BCUT2D eigenvalue weighted by Gasteiger charge is 2.51. The van der Waals surface area contributed by atoms with Crippen molar-refractivity contribution in [3.8, 4) is 22.5 Å². The van der Waals surface area contributed by atoms with Gasteiger partial charge in [0.05, 0.1) is 16.4 Å². The van der Waals surface area contributed by atoms with Gasteiger partial charge in [0.25, 0.3) is 5.70 Å². The number of rotatable bonds is 7. The zero-order valence-corrected chi connectivity index (χ0v) is 28.8. The molecule has 0 radical (unpaired) electrons. The zero-order valence-electron chi connectivity index (χ0n) is 28.8. The van der Waals surface area contributed by atoms with Crippen LogP contribution in [0.5, 0.6) is 0 Å². The Morgan fingerprint density at radius 3 is 2.26 bits per heavy atom. The van der Waals surface area contributed by atoms with Crippen molar-refractivity contribution in [3.63, 3.8) is 0 Å². The van der Waals surface area contributed by atoms with Gasteiger partial charge in [-0.05, 0) is 91.8 Å². The summed E-state index contributed by atoms with van der Waals surface area (Å²) in [4.78, 5) is 0. The standard InChI is InChI=1S/C43H47FN2/c1-9-12-13-30-16-17-33-38-31(30)21-22-45-26-37(46-23-20-28(5)25-36(46)32-24-27(4)14-15-29(32)6)43(10-2,11-3)34-18-19-35(44)40(42(33,7)8)39(34)41(38)45/h14-26H,9-13H2,1-8H3/q+2. The molecule has 2 aromatic heterocycles. The van der Waals surface area contributed by atoms with E-state index in [-0.39, 0.29) is 11.2 Å². The van der Waals surface area contributed by atoms with E-state index in [2.05, 4.69) is 138 Å². The Bertz CT molecular complexity index is 2080. The first kappa shape index (κ1) is 30.5. The first-order valence-electron chi connectivity index (χ1n) is 17.2. The molecule has 3 heteroatoms. The average molecular weight is 611 g/mol. The van der Waals surface area contributed by atoms with E-state index in [0.29, 0.717) is 0 Å². The second kappa shape index (κ2) is 11.0. The smallest absolute Gasteiger partial charge is 0.207 e. The van der Waals surface area contributed by atoms with Gasteiger partial charge in [0.2, 0.25) is 17.6 Å². The monoisotopic (exact) mass is 610 g/mol. The lowest BCUT2D eigenvalue weighted by Crippen LogP contribution is -2.46. The molecule has 1 aliphatic carbocycles. The molecule has 0 bridgehead atoms. The molecule has 2 nitrogen and oxygen atoms in total. The summed E-state index contributed by atoms with van der Waals surface area (Å²) in [5.41, 5.74) is 13.4. The molecule has 5 aromatic rings. The van der Waals surface area contributed by atoms with Crippen LogP contribution in [-0.4, -0.2) is 0 Å². The third-order valence-electron chi connectivity index (χ3n) is 11.2. The van der Waals surface area contributed by atoms with Crippen LogP contribution in [0, 0.1) is 26.6 Å². The lowest BCUT2D eigenvalue weighted by atomic mass is 9.64. The topological polar surface area (TPSA) is 7.76 Å². The first-order chi connectivity index (χ1) is 22.1. The summed E-state index contributed by atoms with van der Waals surface area (Å²) in [5, 5.41) is 2.59. The number of aryl methyl sites for hydroxylation is 4. The van der Waals surface area contributed by atoms with E-state index in [9.17, 15) is 0 Å². The van der Waals surface area contributed by atoms with Gasteiger partial charge in [-0.3, -0.25) is 0 Å². The molecule has 0 saturated carbocycles. The van der Waals surface area contributed by atoms with Gasteiger partial charge in [-0.15, -0.1) is 0 Å². The van der Waals surface area contributed by atoms with Crippen LogP contribution in [-0.2, 0) is 17.3 Å². The minimum atomic E-state index is -0.484. The van der Waals surface area contributed by atoms with Crippen molar-refractivity contribution in [1.29, 1.82) is 0 Å². The highest BCUT2D eigenvalue weighted by Crippen LogP contribution is 2.55. The average Bonchev–Trinajstić information content (AvgIpc) is 3.16. The Morgan fingerprint density at radius 2 is 1.52 bits per heavy atom. The fourth-order valence-electron chi connectivity index (χ4n) is 8.62. The van der Waals surface area contributed by atoms with Crippen molar-refractivity contribution in [1.82, 2.24) is 0 Å². The van der Waals surface area contributed by atoms with Crippen LogP contribution in [0.2, 0.25) is 0 Å². The molecule has 0 N–H and O–H groups in total. The SMILES string of the molecule is CCCCc1ccc2c3c4[n+](ccc13)C=C([n+]1ccc(C)cc1-c1cc(C)ccc1C)C(CC)(CC)c1ccc(F)c(c1-4)C2(C)C. The van der Waals surface area contributed by atoms with Crippen molar-refractivity contribution in [2.75, 3.05) is 0 Å². The Balaban J connectivity index is 1.66. The molecular formula is C43H47FN2+2. The Labute approximate surface area is 274 Å². The van der Waals surface area contributed by atoms with Crippen LogP contribution in [0.25, 0.3) is 45.2 Å². The number of pyridine rings is 2. The Hall–Kier alpha value is -4.11. The Morgan fingerprint density at radius 1 is 0.783 bits per heavy atom. The van der Waals surface area contributed by atoms with E-state index in [1.54, 1.807) is 6.07 Å². The van der Waals surface area contributed by atoms with Crippen LogP contribution in [0.15, 0.2) is 73.1 Å². The molecule has 1 aliphatic heterocycles. The lowest BCUT2D eigenvalue weighted by molar-refractivity contribution is -0.594. The number of nitrogens with zero attached hydrogens (tertiary/aromatic N) is 2. The number of halogens is 1. The van der Waals surface area contributed by atoms with Gasteiger partial charge in [0.1, 0.15) is 5.82 Å². The minimum absolute atomic E-state index is 0.114. The number of hydrogen-bond donors (Lipinski definition) is 0. The van der Waals surface area contributed by atoms with Crippen LogP contribution >= 0.6 is 0 Å².